The SMILES string of the molecule is NC(=O)Nc1ccc2[nH]cc(CCCCCl)c2c1. The number of benzene rings is 1. The average Bonchev–Trinajstić information content (AvgIpc) is 2.72. The molecule has 0 fully saturated rings. The molecule has 1 heterocycles. The van der Waals surface area contributed by atoms with Gasteiger partial charge in [0.15, 0.2) is 0 Å². The molecule has 4 N–H and O–H groups in total. The van der Waals surface area contributed by atoms with Gasteiger partial charge < -0.3 is 16.0 Å². The number of aromatic nitrogens is 1. The summed E-state index contributed by atoms with van der Waals surface area (Å²) in [5, 5.41) is 3.71. The van der Waals surface area contributed by atoms with E-state index in [-0.39, 0.29) is 0 Å². The first-order valence-electron chi connectivity index (χ1n) is 5.93. The van der Waals surface area contributed by atoms with Crippen LogP contribution in [0.3, 0.4) is 0 Å². The molecular weight excluding hydrogens is 250 g/mol. The Balaban J connectivity index is 2.22. The topological polar surface area (TPSA) is 70.9 Å². The number of unbranched alkanes of at least 4 members (excludes halogenated alkanes) is 1. The lowest BCUT2D eigenvalue weighted by Gasteiger charge is -2.03. The van der Waals surface area contributed by atoms with Gasteiger partial charge in [-0.25, -0.2) is 4.79 Å². The molecule has 1 aromatic heterocycles. The molecular formula is C13H16ClN3O. The van der Waals surface area contributed by atoms with E-state index in [4.69, 9.17) is 17.3 Å². The van der Waals surface area contributed by atoms with E-state index in [1.54, 1.807) is 0 Å². The van der Waals surface area contributed by atoms with Crippen LogP contribution in [0.4, 0.5) is 10.5 Å². The molecule has 4 nitrogen and oxygen atoms in total. The maximum Gasteiger partial charge on any atom is 0.316 e. The van der Waals surface area contributed by atoms with Crippen LogP contribution in [-0.4, -0.2) is 16.9 Å². The van der Waals surface area contributed by atoms with Crippen LogP contribution in [0, 0.1) is 0 Å². The van der Waals surface area contributed by atoms with Crippen molar-refractivity contribution in [2.24, 2.45) is 5.73 Å². The van der Waals surface area contributed by atoms with E-state index < -0.39 is 6.03 Å². The number of nitrogens with two attached hydrogens (primary N) is 1. The normalized spacial score (nSPS) is 10.7. The van der Waals surface area contributed by atoms with Crippen LogP contribution in [0.15, 0.2) is 24.4 Å². The van der Waals surface area contributed by atoms with Crippen molar-refractivity contribution in [2.45, 2.75) is 19.3 Å². The molecule has 0 radical (unpaired) electrons. The molecule has 2 aromatic rings. The zero-order chi connectivity index (χ0) is 13.0. The predicted octanol–water partition coefficient (Wildman–Crippen LogP) is 3.22. The average molecular weight is 266 g/mol. The number of nitrogens with one attached hydrogen (secondary N) is 2. The number of fused-ring (bicyclic) bond motifs is 1. The zero-order valence-corrected chi connectivity index (χ0v) is 10.8. The van der Waals surface area contributed by atoms with Crippen molar-refractivity contribution in [1.82, 2.24) is 4.98 Å². The van der Waals surface area contributed by atoms with E-state index in [0.717, 1.165) is 30.2 Å². The number of amides is 2. The van der Waals surface area contributed by atoms with Crippen LogP contribution in [-0.2, 0) is 6.42 Å². The molecule has 0 aliphatic carbocycles. The van der Waals surface area contributed by atoms with E-state index in [2.05, 4.69) is 10.3 Å². The number of carbonyl (C=O) groups excluding carboxylic acids is 1. The molecule has 0 saturated heterocycles. The summed E-state index contributed by atoms with van der Waals surface area (Å²) in [7, 11) is 0. The van der Waals surface area contributed by atoms with Crippen LogP contribution >= 0.6 is 11.6 Å². The number of anilines is 1. The minimum atomic E-state index is -0.548. The van der Waals surface area contributed by atoms with Crippen LogP contribution in [0.2, 0.25) is 0 Å². The number of hydrogen-bond donors (Lipinski definition) is 3. The van der Waals surface area contributed by atoms with E-state index in [0.29, 0.717) is 11.6 Å². The minimum Gasteiger partial charge on any atom is -0.361 e. The van der Waals surface area contributed by atoms with Gasteiger partial charge in [0, 0.05) is 28.7 Å². The van der Waals surface area contributed by atoms with Crippen molar-refractivity contribution >= 4 is 34.2 Å². The third-order valence-corrected chi connectivity index (χ3v) is 3.13. The summed E-state index contributed by atoms with van der Waals surface area (Å²) >= 11 is 5.67. The molecule has 0 saturated carbocycles. The summed E-state index contributed by atoms with van der Waals surface area (Å²) in [5.74, 6) is 0.691. The summed E-state index contributed by atoms with van der Waals surface area (Å²) in [5.41, 5.74) is 8.12. The summed E-state index contributed by atoms with van der Waals surface area (Å²) in [6.45, 7) is 0. The highest BCUT2D eigenvalue weighted by Crippen LogP contribution is 2.23. The number of alkyl halides is 1. The number of rotatable bonds is 5. The molecule has 0 unspecified atom stereocenters. The van der Waals surface area contributed by atoms with E-state index >= 15 is 0 Å². The van der Waals surface area contributed by atoms with E-state index in [9.17, 15) is 4.79 Å². The van der Waals surface area contributed by atoms with Gasteiger partial charge in [-0.05, 0) is 43.0 Å². The van der Waals surface area contributed by atoms with Gasteiger partial charge in [0.05, 0.1) is 0 Å². The Morgan fingerprint density at radius 2 is 2.22 bits per heavy atom. The number of urea groups is 1. The maximum atomic E-state index is 10.8. The van der Waals surface area contributed by atoms with Crippen LogP contribution < -0.4 is 11.1 Å². The number of primary amides is 1. The molecule has 0 spiro atoms. The Kier molecular flexibility index (Phi) is 4.10. The van der Waals surface area contributed by atoms with Crippen molar-refractivity contribution in [1.29, 1.82) is 0 Å². The van der Waals surface area contributed by atoms with Gasteiger partial charge >= 0.3 is 6.03 Å². The van der Waals surface area contributed by atoms with Crippen molar-refractivity contribution in [3.05, 3.63) is 30.0 Å². The number of carbonyl (C=O) groups is 1. The summed E-state index contributed by atoms with van der Waals surface area (Å²) < 4.78 is 0. The number of aryl methyl sites for hydroxylation is 1. The number of aromatic amines is 1. The Morgan fingerprint density at radius 1 is 1.39 bits per heavy atom. The van der Waals surface area contributed by atoms with Gasteiger partial charge in [-0.3, -0.25) is 0 Å². The Labute approximate surface area is 111 Å². The summed E-state index contributed by atoms with van der Waals surface area (Å²) in [6, 6.07) is 5.15. The molecule has 18 heavy (non-hydrogen) atoms. The molecule has 2 amide bonds. The fourth-order valence-corrected chi connectivity index (χ4v) is 2.20. The quantitative estimate of drug-likeness (QED) is 0.564. The highest BCUT2D eigenvalue weighted by molar-refractivity contribution is 6.17. The second kappa shape index (κ2) is 5.78. The zero-order valence-electron chi connectivity index (χ0n) is 10.0. The van der Waals surface area contributed by atoms with Crippen LogP contribution in [0.25, 0.3) is 10.9 Å². The molecule has 2 rings (SSSR count). The monoisotopic (exact) mass is 265 g/mol. The highest BCUT2D eigenvalue weighted by Gasteiger charge is 2.05. The third kappa shape index (κ3) is 2.96. The van der Waals surface area contributed by atoms with E-state index in [1.807, 2.05) is 24.4 Å². The molecule has 96 valence electrons. The van der Waals surface area contributed by atoms with Gasteiger partial charge in [0.25, 0.3) is 0 Å². The molecule has 0 bridgehead atoms. The smallest absolute Gasteiger partial charge is 0.316 e. The fraction of sp³-hybridized carbons (Fsp3) is 0.308. The van der Waals surface area contributed by atoms with Crippen molar-refractivity contribution < 1.29 is 4.79 Å². The summed E-state index contributed by atoms with van der Waals surface area (Å²) in [4.78, 5) is 14.0. The van der Waals surface area contributed by atoms with Gasteiger partial charge in [0.1, 0.15) is 0 Å². The Bertz CT molecular complexity index is 550. The lowest BCUT2D eigenvalue weighted by molar-refractivity contribution is 0.259. The number of H-pyrrole nitrogens is 1. The third-order valence-electron chi connectivity index (χ3n) is 2.86. The summed E-state index contributed by atoms with van der Waals surface area (Å²) in [6.07, 6.45) is 5.05. The number of halogens is 1. The van der Waals surface area contributed by atoms with Gasteiger partial charge in [-0.15, -0.1) is 11.6 Å². The molecule has 0 aliphatic rings. The highest BCUT2D eigenvalue weighted by atomic mass is 35.5. The lowest BCUT2D eigenvalue weighted by Crippen LogP contribution is -2.19. The number of hydrogen-bond acceptors (Lipinski definition) is 1. The molecule has 0 atom stereocenters. The Morgan fingerprint density at radius 3 is 2.94 bits per heavy atom. The molecule has 0 aliphatic heterocycles. The maximum absolute atomic E-state index is 10.8. The van der Waals surface area contributed by atoms with Crippen LogP contribution in [0.5, 0.6) is 0 Å². The van der Waals surface area contributed by atoms with Crippen molar-refractivity contribution in [3.8, 4) is 0 Å². The second-order valence-electron chi connectivity index (χ2n) is 4.21. The first kappa shape index (κ1) is 12.8. The Hall–Kier alpha value is -1.68. The van der Waals surface area contributed by atoms with Crippen molar-refractivity contribution in [3.63, 3.8) is 0 Å². The van der Waals surface area contributed by atoms with Crippen molar-refractivity contribution in [2.75, 3.05) is 11.2 Å². The standard InChI is InChI=1S/C13H16ClN3O/c14-6-2-1-3-9-8-16-12-5-4-10(7-11(9)12)17-13(15)18/h4-5,7-8,16H,1-3,6H2,(H3,15,17,18). The predicted molar refractivity (Wildman–Crippen MR) is 75.2 cm³/mol. The van der Waals surface area contributed by atoms with Crippen LogP contribution in [0.1, 0.15) is 18.4 Å². The van der Waals surface area contributed by atoms with Gasteiger partial charge in [0.2, 0.25) is 0 Å². The molecule has 1 aromatic carbocycles. The first-order valence-corrected chi connectivity index (χ1v) is 6.46. The fourth-order valence-electron chi connectivity index (χ4n) is 2.02. The lowest BCUT2D eigenvalue weighted by atomic mass is 10.1. The van der Waals surface area contributed by atoms with E-state index in [1.165, 1.54) is 5.56 Å². The molecule has 5 heteroatoms. The first-order chi connectivity index (χ1) is 8.70. The largest absolute Gasteiger partial charge is 0.361 e. The van der Waals surface area contributed by atoms with Gasteiger partial charge in [-0.1, -0.05) is 0 Å². The minimum absolute atomic E-state index is 0.548. The van der Waals surface area contributed by atoms with Gasteiger partial charge in [-0.2, -0.15) is 0 Å². The second-order valence-corrected chi connectivity index (χ2v) is 4.59.